The Morgan fingerprint density at radius 2 is 1.32 bits per heavy atom. The second kappa shape index (κ2) is 16.3. The van der Waals surface area contributed by atoms with Crippen molar-refractivity contribution in [1.82, 2.24) is 0 Å². The summed E-state index contributed by atoms with van der Waals surface area (Å²) in [6.07, 6.45) is 15.0. The fourth-order valence-corrected chi connectivity index (χ4v) is 2.58. The predicted octanol–water partition coefficient (Wildman–Crippen LogP) is 5.12. The van der Waals surface area contributed by atoms with Crippen molar-refractivity contribution in [2.24, 2.45) is 10.4 Å². The van der Waals surface area contributed by atoms with E-state index in [1.54, 1.807) is 0 Å². The van der Waals surface area contributed by atoms with Gasteiger partial charge in [0.2, 0.25) is 0 Å². The van der Waals surface area contributed by atoms with E-state index in [2.05, 4.69) is 16.9 Å². The average Bonchev–Trinajstić information content (AvgIpc) is 2.55. The van der Waals surface area contributed by atoms with Crippen LogP contribution in [0.4, 0.5) is 0 Å². The fraction of sp³-hybridized carbons (Fsp3) is 0.882. The third-order valence-corrected chi connectivity index (χ3v) is 4.00. The molecule has 0 aromatic rings. The summed E-state index contributed by atoms with van der Waals surface area (Å²) in [4.78, 5) is 21.1. The lowest BCUT2D eigenvalue weighted by atomic mass is 10.0. The zero-order valence-electron chi connectivity index (χ0n) is 13.8. The first kappa shape index (κ1) is 20.9. The quantitative estimate of drug-likeness (QED) is 0.230. The van der Waals surface area contributed by atoms with Crippen LogP contribution in [0.3, 0.4) is 0 Å². The van der Waals surface area contributed by atoms with Gasteiger partial charge in [-0.3, -0.25) is 0 Å². The predicted molar refractivity (Wildman–Crippen MR) is 91.9 cm³/mol. The molecule has 22 heavy (non-hydrogen) atoms. The Morgan fingerprint density at radius 3 is 1.77 bits per heavy atom. The van der Waals surface area contributed by atoms with Crippen molar-refractivity contribution in [3.63, 3.8) is 0 Å². The monoisotopic (exact) mass is 312 g/mol. The Balaban J connectivity index is 3.41. The van der Waals surface area contributed by atoms with Gasteiger partial charge in [-0.05, 0) is 19.3 Å². The van der Waals surface area contributed by atoms with Crippen LogP contribution >= 0.6 is 0 Å². The number of allylic oxidation sites excluding steroid dienone is 1. The molecule has 0 radical (unpaired) electrons. The van der Waals surface area contributed by atoms with Crippen LogP contribution in [0.5, 0.6) is 0 Å². The second-order valence-electron chi connectivity index (χ2n) is 5.98. The molecule has 5 nitrogen and oxygen atoms in total. The first-order valence-corrected chi connectivity index (χ1v) is 8.65. The van der Waals surface area contributed by atoms with Crippen molar-refractivity contribution in [3.05, 3.63) is 22.5 Å². The first-order chi connectivity index (χ1) is 10.8. The number of unbranched alkanes of at least 4 members (excludes halogenated alkanes) is 9. The molecule has 0 rings (SSSR count). The lowest BCUT2D eigenvalue weighted by Crippen LogP contribution is -2.17. The van der Waals surface area contributed by atoms with Crippen LogP contribution < -0.4 is 0 Å². The lowest BCUT2D eigenvalue weighted by Gasteiger charge is -2.11. The summed E-state index contributed by atoms with van der Waals surface area (Å²) in [5.41, 5.74) is 0. The van der Waals surface area contributed by atoms with Crippen molar-refractivity contribution < 1.29 is 5.11 Å². The van der Waals surface area contributed by atoms with Gasteiger partial charge in [-0.25, -0.2) is 0 Å². The molecular formula is C17H32N2O3. The van der Waals surface area contributed by atoms with Gasteiger partial charge in [0.05, 0.1) is 12.6 Å². The molecule has 1 N–H and O–H groups in total. The maximum atomic E-state index is 10.7. The van der Waals surface area contributed by atoms with Gasteiger partial charge in [-0.15, -0.1) is 6.58 Å². The number of rotatable bonds is 17. The third-order valence-electron chi connectivity index (χ3n) is 4.00. The summed E-state index contributed by atoms with van der Waals surface area (Å²) < 4.78 is 0. The van der Waals surface area contributed by atoms with E-state index in [0.29, 0.717) is 6.42 Å². The molecule has 0 spiro atoms. The molecule has 0 aliphatic heterocycles. The minimum Gasteiger partial charge on any atom is -0.394 e. The summed E-state index contributed by atoms with van der Waals surface area (Å²) in [5.74, 6) is 0. The molecule has 0 bridgehead atoms. The van der Waals surface area contributed by atoms with Crippen LogP contribution in [0.1, 0.15) is 77.0 Å². The average molecular weight is 312 g/mol. The largest absolute Gasteiger partial charge is 0.394 e. The van der Waals surface area contributed by atoms with Crippen LogP contribution in [-0.2, 0) is 0 Å². The van der Waals surface area contributed by atoms with Gasteiger partial charge in [0.1, 0.15) is 6.04 Å². The van der Waals surface area contributed by atoms with E-state index in [9.17, 15) is 9.81 Å². The minimum atomic E-state index is -0.691. The molecule has 0 heterocycles. The van der Waals surface area contributed by atoms with Crippen molar-refractivity contribution in [2.45, 2.75) is 89.1 Å². The standard InChI is InChI=1S/C17H32N2O3/c1-2-3-4-5-6-7-8-9-10-11-12-13-16(18-21)14-17(15-20)19-22/h2,16-17,20H,1,3-15H2. The van der Waals surface area contributed by atoms with E-state index in [4.69, 9.17) is 5.11 Å². The van der Waals surface area contributed by atoms with Gasteiger partial charge in [0.15, 0.2) is 0 Å². The normalized spacial score (nSPS) is 13.5. The summed E-state index contributed by atoms with van der Waals surface area (Å²) in [7, 11) is 0. The van der Waals surface area contributed by atoms with Gasteiger partial charge < -0.3 is 5.11 Å². The topological polar surface area (TPSA) is 79.1 Å². The number of nitroso groups, excluding NO2 is 2. The smallest absolute Gasteiger partial charge is 0.117 e. The van der Waals surface area contributed by atoms with Crippen molar-refractivity contribution in [3.8, 4) is 0 Å². The summed E-state index contributed by atoms with van der Waals surface area (Å²) in [5, 5.41) is 14.7. The number of nitrogens with zero attached hydrogens (tertiary/aromatic N) is 2. The number of aliphatic hydroxyl groups excluding tert-OH is 1. The molecule has 0 saturated carbocycles. The van der Waals surface area contributed by atoms with E-state index in [-0.39, 0.29) is 19.1 Å². The molecule has 0 fully saturated rings. The summed E-state index contributed by atoms with van der Waals surface area (Å²) >= 11 is 0. The van der Waals surface area contributed by atoms with Crippen LogP contribution in [0.25, 0.3) is 0 Å². The Bertz CT molecular complexity index is 285. The zero-order valence-corrected chi connectivity index (χ0v) is 13.8. The van der Waals surface area contributed by atoms with Gasteiger partial charge in [-0.1, -0.05) is 67.8 Å². The molecule has 128 valence electrons. The molecule has 0 aromatic heterocycles. The highest BCUT2D eigenvalue weighted by atomic mass is 16.3. The van der Waals surface area contributed by atoms with Crippen LogP contribution in [-0.4, -0.2) is 23.8 Å². The molecular weight excluding hydrogens is 280 g/mol. The minimum absolute atomic E-state index is 0.272. The second-order valence-corrected chi connectivity index (χ2v) is 5.98. The highest BCUT2D eigenvalue weighted by molar-refractivity contribution is 4.75. The van der Waals surface area contributed by atoms with E-state index >= 15 is 0 Å². The lowest BCUT2D eigenvalue weighted by molar-refractivity contribution is 0.252. The Morgan fingerprint density at radius 1 is 0.818 bits per heavy atom. The van der Waals surface area contributed by atoms with Crippen molar-refractivity contribution in [1.29, 1.82) is 0 Å². The summed E-state index contributed by atoms with van der Waals surface area (Å²) in [6, 6.07) is -1.08. The number of hydrogen-bond acceptors (Lipinski definition) is 5. The maximum Gasteiger partial charge on any atom is 0.117 e. The van der Waals surface area contributed by atoms with E-state index < -0.39 is 6.04 Å². The Labute approximate surface area is 134 Å². The highest BCUT2D eigenvalue weighted by Crippen LogP contribution is 2.16. The fourth-order valence-electron chi connectivity index (χ4n) is 2.58. The first-order valence-electron chi connectivity index (χ1n) is 8.65. The third kappa shape index (κ3) is 12.6. The van der Waals surface area contributed by atoms with Crippen LogP contribution in [0.15, 0.2) is 23.0 Å². The summed E-state index contributed by atoms with van der Waals surface area (Å²) in [6.45, 7) is 3.42. The molecule has 2 unspecified atom stereocenters. The molecule has 2 atom stereocenters. The Hall–Kier alpha value is -1.10. The van der Waals surface area contributed by atoms with Crippen LogP contribution in [0.2, 0.25) is 0 Å². The zero-order chi connectivity index (χ0) is 16.5. The van der Waals surface area contributed by atoms with Gasteiger partial charge in [-0.2, -0.15) is 9.81 Å². The van der Waals surface area contributed by atoms with E-state index in [1.165, 1.54) is 44.9 Å². The molecule has 5 heteroatoms. The number of aliphatic hydroxyl groups is 1. The molecule has 0 saturated heterocycles. The van der Waals surface area contributed by atoms with E-state index in [1.807, 2.05) is 6.08 Å². The van der Waals surface area contributed by atoms with E-state index in [0.717, 1.165) is 19.3 Å². The SMILES string of the molecule is C=CCCCCCCCCCCCC(CC(CO)N=O)N=O. The van der Waals surface area contributed by atoms with Gasteiger partial charge >= 0.3 is 0 Å². The van der Waals surface area contributed by atoms with Crippen LogP contribution in [0, 0.1) is 9.81 Å². The Kier molecular flexibility index (Phi) is 15.5. The molecule has 0 aromatic carbocycles. The maximum absolute atomic E-state index is 10.7. The highest BCUT2D eigenvalue weighted by Gasteiger charge is 2.16. The molecule has 0 amide bonds. The van der Waals surface area contributed by atoms with Crippen molar-refractivity contribution in [2.75, 3.05) is 6.61 Å². The molecule has 0 aliphatic rings. The number of hydrogen-bond donors (Lipinski definition) is 1. The molecule has 0 aliphatic carbocycles. The van der Waals surface area contributed by atoms with Crippen molar-refractivity contribution >= 4 is 0 Å². The van der Waals surface area contributed by atoms with Gasteiger partial charge in [0, 0.05) is 6.42 Å². The van der Waals surface area contributed by atoms with Gasteiger partial charge in [0.25, 0.3) is 0 Å².